The van der Waals surface area contributed by atoms with Gasteiger partial charge in [0.2, 0.25) is 0 Å². The lowest BCUT2D eigenvalue weighted by molar-refractivity contribution is -0.911. The molecule has 0 aliphatic rings. The zero-order valence-corrected chi connectivity index (χ0v) is 15.1. The van der Waals surface area contributed by atoms with Gasteiger partial charge >= 0.3 is 0 Å². The molecule has 0 spiro atoms. The van der Waals surface area contributed by atoms with E-state index in [0.717, 1.165) is 35.3 Å². The van der Waals surface area contributed by atoms with Crippen LogP contribution in [-0.2, 0) is 9.47 Å². The average Bonchev–Trinajstić information content (AvgIpc) is 2.31. The summed E-state index contributed by atoms with van der Waals surface area (Å²) >= 11 is 0. The first-order valence-electron chi connectivity index (χ1n) is 7.90. The van der Waals surface area contributed by atoms with Crippen LogP contribution in [0.25, 0.3) is 0 Å². The topological polar surface area (TPSA) is 18.5 Å². The van der Waals surface area contributed by atoms with E-state index < -0.39 is 0 Å². The molecule has 0 aliphatic carbocycles. The van der Waals surface area contributed by atoms with Crippen molar-refractivity contribution in [2.75, 3.05) is 67.7 Å². The van der Waals surface area contributed by atoms with Crippen molar-refractivity contribution in [2.45, 2.75) is 39.8 Å². The first-order chi connectivity index (χ1) is 9.09. The van der Waals surface area contributed by atoms with E-state index in [1.54, 1.807) is 0 Å². The largest absolute Gasteiger partial charge is 0.373 e. The summed E-state index contributed by atoms with van der Waals surface area (Å²) in [6, 6.07) is 1.26. The highest BCUT2D eigenvalue weighted by Crippen LogP contribution is 2.05. The van der Waals surface area contributed by atoms with E-state index >= 15 is 0 Å². The molecule has 0 fully saturated rings. The highest BCUT2D eigenvalue weighted by atomic mass is 16.5. The Bertz CT molecular complexity index is 225. The van der Waals surface area contributed by atoms with Gasteiger partial charge in [-0.05, 0) is 27.7 Å². The Labute approximate surface area is 126 Å². The van der Waals surface area contributed by atoms with Gasteiger partial charge in [-0.3, -0.25) is 0 Å². The number of nitrogens with zero attached hydrogens (tertiary/aromatic N) is 2. The van der Waals surface area contributed by atoms with Crippen molar-refractivity contribution in [1.82, 2.24) is 0 Å². The molecule has 0 aromatic rings. The fraction of sp³-hybridized carbons (Fsp3) is 1.00. The fourth-order valence-corrected chi connectivity index (χ4v) is 1.44. The maximum absolute atomic E-state index is 5.65. The van der Waals surface area contributed by atoms with E-state index in [9.17, 15) is 0 Å². The number of hydrogen-bond donors (Lipinski definition) is 0. The minimum absolute atomic E-state index is 0.630. The quantitative estimate of drug-likeness (QED) is 0.428. The van der Waals surface area contributed by atoms with E-state index in [0.29, 0.717) is 25.3 Å². The van der Waals surface area contributed by atoms with Crippen LogP contribution in [0.15, 0.2) is 0 Å². The Kier molecular flexibility index (Phi) is 8.91. The summed E-state index contributed by atoms with van der Waals surface area (Å²) in [6.07, 6.45) is 0. The molecule has 0 aliphatic heterocycles. The standard InChI is InChI=1S/C16H38N2O2/c1-15(2)17(5,6)9-11-19-13-14-20-12-10-18(7,8)16(3)4/h15-16H,9-14H2,1-8H3/q+2. The SMILES string of the molecule is CC(C)[N+](C)(C)CCOCCOCC[N+](C)(C)C(C)C. The molecule has 0 heterocycles. The van der Waals surface area contributed by atoms with Crippen LogP contribution < -0.4 is 0 Å². The monoisotopic (exact) mass is 290 g/mol. The van der Waals surface area contributed by atoms with Gasteiger partial charge in [0.1, 0.15) is 13.1 Å². The van der Waals surface area contributed by atoms with Gasteiger partial charge in [-0.15, -0.1) is 0 Å². The maximum Gasteiger partial charge on any atom is 0.102 e. The average molecular weight is 290 g/mol. The van der Waals surface area contributed by atoms with Crippen molar-refractivity contribution >= 4 is 0 Å². The molecular weight excluding hydrogens is 252 g/mol. The molecule has 4 nitrogen and oxygen atoms in total. The Morgan fingerprint density at radius 2 is 0.900 bits per heavy atom. The van der Waals surface area contributed by atoms with Crippen molar-refractivity contribution in [3.63, 3.8) is 0 Å². The summed E-state index contributed by atoms with van der Waals surface area (Å²) < 4.78 is 13.3. The van der Waals surface area contributed by atoms with Crippen molar-refractivity contribution < 1.29 is 18.4 Å². The summed E-state index contributed by atoms with van der Waals surface area (Å²) in [5.41, 5.74) is 0. The molecule has 0 saturated heterocycles. The molecule has 0 bridgehead atoms. The van der Waals surface area contributed by atoms with Crippen LogP contribution in [0, 0.1) is 0 Å². The summed E-state index contributed by atoms with van der Waals surface area (Å²) in [4.78, 5) is 0. The zero-order chi connectivity index (χ0) is 15.8. The van der Waals surface area contributed by atoms with Crippen LogP contribution in [0.3, 0.4) is 0 Å². The van der Waals surface area contributed by atoms with Gasteiger partial charge < -0.3 is 18.4 Å². The second-order valence-electron chi connectivity index (χ2n) is 7.42. The van der Waals surface area contributed by atoms with Gasteiger partial charge in [-0.25, -0.2) is 0 Å². The lowest BCUT2D eigenvalue weighted by atomic mass is 10.3. The molecule has 0 saturated carbocycles. The summed E-state index contributed by atoms with van der Waals surface area (Å²) in [5, 5.41) is 0. The van der Waals surface area contributed by atoms with Crippen LogP contribution in [0.2, 0.25) is 0 Å². The molecule has 20 heavy (non-hydrogen) atoms. The van der Waals surface area contributed by atoms with Crippen molar-refractivity contribution in [2.24, 2.45) is 0 Å². The normalized spacial score (nSPS) is 13.5. The lowest BCUT2D eigenvalue weighted by Crippen LogP contribution is -2.48. The molecule has 122 valence electrons. The van der Waals surface area contributed by atoms with E-state index in [4.69, 9.17) is 9.47 Å². The van der Waals surface area contributed by atoms with Gasteiger partial charge in [0.15, 0.2) is 0 Å². The fourth-order valence-electron chi connectivity index (χ4n) is 1.44. The van der Waals surface area contributed by atoms with Crippen molar-refractivity contribution in [3.05, 3.63) is 0 Å². The predicted octanol–water partition coefficient (Wildman–Crippen LogP) is 1.99. The van der Waals surface area contributed by atoms with Crippen LogP contribution >= 0.6 is 0 Å². The molecule has 0 unspecified atom stereocenters. The minimum Gasteiger partial charge on any atom is -0.373 e. The molecule has 4 heteroatoms. The molecule has 0 rings (SSSR count). The zero-order valence-electron chi connectivity index (χ0n) is 15.1. The van der Waals surface area contributed by atoms with Gasteiger partial charge in [0, 0.05) is 0 Å². The second-order valence-corrected chi connectivity index (χ2v) is 7.42. The Hall–Kier alpha value is -0.160. The third-order valence-corrected chi connectivity index (χ3v) is 4.79. The number of hydrogen-bond acceptors (Lipinski definition) is 2. The highest BCUT2D eigenvalue weighted by Gasteiger charge is 2.19. The molecule has 0 aromatic carbocycles. The molecule has 0 radical (unpaired) electrons. The third-order valence-electron chi connectivity index (χ3n) is 4.79. The molecule has 0 N–H and O–H groups in total. The Balaban J connectivity index is 3.51. The van der Waals surface area contributed by atoms with Gasteiger partial charge in [-0.2, -0.15) is 0 Å². The first-order valence-corrected chi connectivity index (χ1v) is 7.90. The number of ether oxygens (including phenoxy) is 2. The predicted molar refractivity (Wildman–Crippen MR) is 85.9 cm³/mol. The lowest BCUT2D eigenvalue weighted by Gasteiger charge is -2.34. The number of quaternary nitrogens is 2. The number of likely N-dealkylation sites (N-methyl/N-ethyl adjacent to an activating group) is 2. The van der Waals surface area contributed by atoms with Crippen LogP contribution in [-0.4, -0.2) is 88.8 Å². The van der Waals surface area contributed by atoms with Crippen molar-refractivity contribution in [3.8, 4) is 0 Å². The Morgan fingerprint density at radius 3 is 1.15 bits per heavy atom. The van der Waals surface area contributed by atoms with Gasteiger partial charge in [0.05, 0.1) is 66.7 Å². The van der Waals surface area contributed by atoms with Gasteiger partial charge in [-0.1, -0.05) is 0 Å². The highest BCUT2D eigenvalue weighted by molar-refractivity contribution is 4.42. The minimum atomic E-state index is 0.630. The molecule has 0 amide bonds. The van der Waals surface area contributed by atoms with Crippen LogP contribution in [0.5, 0.6) is 0 Å². The Morgan fingerprint density at radius 1 is 0.600 bits per heavy atom. The van der Waals surface area contributed by atoms with E-state index in [2.05, 4.69) is 55.9 Å². The summed E-state index contributed by atoms with van der Waals surface area (Å²) in [6.45, 7) is 14.1. The van der Waals surface area contributed by atoms with Crippen molar-refractivity contribution in [1.29, 1.82) is 0 Å². The third kappa shape index (κ3) is 8.20. The summed E-state index contributed by atoms with van der Waals surface area (Å²) in [7, 11) is 8.99. The second kappa shape index (κ2) is 8.98. The molecule has 0 aromatic heterocycles. The van der Waals surface area contributed by atoms with E-state index in [-0.39, 0.29) is 0 Å². The molecular formula is C16H38N2O2+2. The van der Waals surface area contributed by atoms with Gasteiger partial charge in [0.25, 0.3) is 0 Å². The molecule has 0 atom stereocenters. The van der Waals surface area contributed by atoms with Crippen LogP contribution in [0.4, 0.5) is 0 Å². The smallest absolute Gasteiger partial charge is 0.102 e. The van der Waals surface area contributed by atoms with E-state index in [1.807, 2.05) is 0 Å². The van der Waals surface area contributed by atoms with Crippen LogP contribution in [0.1, 0.15) is 27.7 Å². The number of rotatable bonds is 11. The summed E-state index contributed by atoms with van der Waals surface area (Å²) in [5.74, 6) is 0. The first kappa shape index (κ1) is 19.8. The maximum atomic E-state index is 5.65. The van der Waals surface area contributed by atoms with E-state index in [1.165, 1.54) is 0 Å².